The summed E-state index contributed by atoms with van der Waals surface area (Å²) in [7, 11) is 0. The average molecular weight is 699 g/mol. The van der Waals surface area contributed by atoms with Gasteiger partial charge < -0.3 is 23.7 Å². The van der Waals surface area contributed by atoms with Gasteiger partial charge in [-0.25, -0.2) is 4.79 Å². The fourth-order valence-corrected chi connectivity index (χ4v) is 7.33. The van der Waals surface area contributed by atoms with E-state index in [9.17, 15) is 4.79 Å². The molecule has 0 N–H and O–H groups in total. The molecular weight excluding hydrogens is 636 g/mol. The molecule has 2 saturated heterocycles. The fraction of sp³-hybridized carbons (Fsp3) is 0.578. The Morgan fingerprint density at radius 3 is 1.59 bits per heavy atom. The Morgan fingerprint density at radius 1 is 0.608 bits per heavy atom. The SMILES string of the molecule is CCCCCCCCC[C@@H]1CO[C@@H](c2ccc(-c3ccccc3C(=O)Oc3ccc([C@@H]4OC[C@@H](CCCCCCC)C(C)O4)cc3)cc2)OC1C. The van der Waals surface area contributed by atoms with Gasteiger partial charge in [0.2, 0.25) is 0 Å². The summed E-state index contributed by atoms with van der Waals surface area (Å²) in [6, 6.07) is 23.2. The molecule has 51 heavy (non-hydrogen) atoms. The molecule has 0 spiro atoms. The molecule has 5 rings (SSSR count). The van der Waals surface area contributed by atoms with Gasteiger partial charge in [0.25, 0.3) is 0 Å². The molecule has 6 heteroatoms. The third kappa shape index (κ3) is 11.7. The van der Waals surface area contributed by atoms with Gasteiger partial charge >= 0.3 is 5.97 Å². The second-order valence-corrected chi connectivity index (χ2v) is 14.8. The molecule has 2 aliphatic rings. The number of ether oxygens (including phenoxy) is 5. The number of hydrogen-bond donors (Lipinski definition) is 0. The predicted octanol–water partition coefficient (Wildman–Crippen LogP) is 12.2. The highest BCUT2D eigenvalue weighted by Crippen LogP contribution is 2.35. The first-order chi connectivity index (χ1) is 25.0. The normalized spacial score (nSPS) is 23.6. The highest BCUT2D eigenvalue weighted by atomic mass is 16.7. The van der Waals surface area contributed by atoms with E-state index in [1.165, 1.54) is 77.0 Å². The van der Waals surface area contributed by atoms with Crippen LogP contribution in [-0.4, -0.2) is 31.4 Å². The largest absolute Gasteiger partial charge is 0.423 e. The van der Waals surface area contributed by atoms with Gasteiger partial charge in [-0.3, -0.25) is 0 Å². The van der Waals surface area contributed by atoms with Crippen LogP contribution in [0.5, 0.6) is 5.75 Å². The van der Waals surface area contributed by atoms with E-state index in [4.69, 9.17) is 23.7 Å². The number of esters is 1. The zero-order valence-electron chi connectivity index (χ0n) is 31.7. The summed E-state index contributed by atoms with van der Waals surface area (Å²) in [5.74, 6) is 0.941. The lowest BCUT2D eigenvalue weighted by atomic mass is 9.95. The zero-order valence-corrected chi connectivity index (χ0v) is 31.7. The highest BCUT2D eigenvalue weighted by Gasteiger charge is 2.31. The molecule has 0 aliphatic carbocycles. The van der Waals surface area contributed by atoms with E-state index in [-0.39, 0.29) is 18.5 Å². The lowest BCUT2D eigenvalue weighted by Gasteiger charge is -2.35. The number of hydrogen-bond acceptors (Lipinski definition) is 6. The Hall–Kier alpha value is -3.03. The van der Waals surface area contributed by atoms with Crippen molar-refractivity contribution in [2.75, 3.05) is 13.2 Å². The van der Waals surface area contributed by atoms with Crippen LogP contribution in [-0.2, 0) is 18.9 Å². The van der Waals surface area contributed by atoms with Gasteiger partial charge in [-0.15, -0.1) is 0 Å². The Labute approximate surface area is 307 Å². The van der Waals surface area contributed by atoms with Crippen LogP contribution < -0.4 is 4.74 Å². The third-order valence-electron chi connectivity index (χ3n) is 10.8. The van der Waals surface area contributed by atoms with Gasteiger partial charge in [-0.1, -0.05) is 145 Å². The topological polar surface area (TPSA) is 63.2 Å². The van der Waals surface area contributed by atoms with Crippen LogP contribution >= 0.6 is 0 Å². The first kappa shape index (κ1) is 39.2. The summed E-state index contributed by atoms with van der Waals surface area (Å²) in [4.78, 5) is 13.4. The van der Waals surface area contributed by atoms with E-state index in [0.29, 0.717) is 29.8 Å². The number of carbonyl (C=O) groups excluding carboxylic acids is 1. The molecule has 0 saturated carbocycles. The maximum absolute atomic E-state index is 13.4. The number of benzene rings is 3. The van der Waals surface area contributed by atoms with Gasteiger partial charge in [0.1, 0.15) is 5.75 Å². The molecular formula is C45H62O6. The second kappa shape index (κ2) is 20.9. The van der Waals surface area contributed by atoms with Gasteiger partial charge in [-0.05, 0) is 56.0 Å². The third-order valence-corrected chi connectivity index (χ3v) is 10.8. The zero-order chi connectivity index (χ0) is 35.8. The second-order valence-electron chi connectivity index (χ2n) is 14.8. The summed E-state index contributed by atoms with van der Waals surface area (Å²) in [6.07, 6.45) is 17.4. The minimum absolute atomic E-state index is 0.140. The molecule has 6 nitrogen and oxygen atoms in total. The van der Waals surface area contributed by atoms with Gasteiger partial charge in [0, 0.05) is 23.0 Å². The Kier molecular flexibility index (Phi) is 16.0. The first-order valence-corrected chi connectivity index (χ1v) is 20.0. The van der Waals surface area contributed by atoms with Crippen molar-refractivity contribution in [1.29, 1.82) is 0 Å². The lowest BCUT2D eigenvalue weighted by Crippen LogP contribution is -2.34. The van der Waals surface area contributed by atoms with Crippen molar-refractivity contribution in [2.45, 2.75) is 142 Å². The molecule has 2 heterocycles. The van der Waals surface area contributed by atoms with Crippen LogP contribution in [0.4, 0.5) is 0 Å². The molecule has 6 atom stereocenters. The Morgan fingerprint density at radius 2 is 1.08 bits per heavy atom. The monoisotopic (exact) mass is 698 g/mol. The van der Waals surface area contributed by atoms with E-state index in [2.05, 4.69) is 27.7 Å². The number of carbonyl (C=O) groups is 1. The maximum atomic E-state index is 13.4. The minimum Gasteiger partial charge on any atom is -0.423 e. The van der Waals surface area contributed by atoms with Gasteiger partial charge in [0.05, 0.1) is 31.0 Å². The molecule has 278 valence electrons. The van der Waals surface area contributed by atoms with E-state index in [1.807, 2.05) is 72.8 Å². The number of rotatable bonds is 19. The fourth-order valence-electron chi connectivity index (χ4n) is 7.33. The van der Waals surface area contributed by atoms with Crippen LogP contribution in [0.3, 0.4) is 0 Å². The lowest BCUT2D eigenvalue weighted by molar-refractivity contribution is -0.237. The molecule has 0 bridgehead atoms. The first-order valence-electron chi connectivity index (χ1n) is 20.0. The van der Waals surface area contributed by atoms with Crippen molar-refractivity contribution in [3.8, 4) is 16.9 Å². The summed E-state index contributed by atoms with van der Waals surface area (Å²) in [5.41, 5.74) is 4.17. The minimum atomic E-state index is -0.409. The van der Waals surface area contributed by atoms with Crippen molar-refractivity contribution in [2.24, 2.45) is 11.8 Å². The van der Waals surface area contributed by atoms with Crippen molar-refractivity contribution >= 4 is 5.97 Å². The van der Waals surface area contributed by atoms with E-state index in [0.717, 1.165) is 41.7 Å². The van der Waals surface area contributed by atoms with E-state index < -0.39 is 12.3 Å². The molecule has 0 radical (unpaired) electrons. The molecule has 3 aromatic rings. The van der Waals surface area contributed by atoms with E-state index in [1.54, 1.807) is 0 Å². The smallest absolute Gasteiger partial charge is 0.344 e. The maximum Gasteiger partial charge on any atom is 0.344 e. The summed E-state index contributed by atoms with van der Waals surface area (Å²) in [6.45, 7) is 10.3. The Balaban J connectivity index is 1.10. The predicted molar refractivity (Wildman–Crippen MR) is 205 cm³/mol. The molecule has 0 aromatic heterocycles. The summed E-state index contributed by atoms with van der Waals surface area (Å²) < 4.78 is 30.8. The van der Waals surface area contributed by atoms with E-state index >= 15 is 0 Å². The van der Waals surface area contributed by atoms with Crippen LogP contribution in [0.1, 0.15) is 152 Å². The van der Waals surface area contributed by atoms with Crippen LogP contribution in [0.25, 0.3) is 11.1 Å². The van der Waals surface area contributed by atoms with Gasteiger partial charge in [0.15, 0.2) is 12.6 Å². The highest BCUT2D eigenvalue weighted by molar-refractivity contribution is 5.98. The van der Waals surface area contributed by atoms with Crippen LogP contribution in [0.2, 0.25) is 0 Å². The van der Waals surface area contributed by atoms with Crippen LogP contribution in [0.15, 0.2) is 72.8 Å². The summed E-state index contributed by atoms with van der Waals surface area (Å²) in [5, 5.41) is 0. The van der Waals surface area contributed by atoms with Crippen molar-refractivity contribution in [1.82, 2.24) is 0 Å². The standard InChI is InChI=1S/C45H62O6/c1-5-7-9-11-12-14-16-20-39-31-47-44(49-33(39)3)36-25-23-35(24-26-36)41-21-17-18-22-42(41)43(46)51-40-29-27-37(28-30-40)45-48-32-38(34(4)50-45)19-15-13-10-8-6-2/h17-18,21-30,33-34,38-39,44-45H,5-16,19-20,31-32H2,1-4H3/t33?,34?,38-,39-,44-,45-/m1/s1. The van der Waals surface area contributed by atoms with Crippen molar-refractivity contribution < 1.29 is 28.5 Å². The Bertz CT molecular complexity index is 1440. The molecule has 2 fully saturated rings. The van der Waals surface area contributed by atoms with Crippen LogP contribution in [0, 0.1) is 11.8 Å². The van der Waals surface area contributed by atoms with Crippen molar-refractivity contribution in [3.05, 3.63) is 89.5 Å². The summed E-state index contributed by atoms with van der Waals surface area (Å²) >= 11 is 0. The molecule has 2 aliphatic heterocycles. The molecule has 0 amide bonds. The average Bonchev–Trinajstić information content (AvgIpc) is 3.16. The number of unbranched alkanes of at least 4 members (excludes halogenated alkanes) is 10. The van der Waals surface area contributed by atoms with Crippen molar-refractivity contribution in [3.63, 3.8) is 0 Å². The molecule has 2 unspecified atom stereocenters. The molecule has 3 aromatic carbocycles. The quantitative estimate of drug-likeness (QED) is 0.0705. The van der Waals surface area contributed by atoms with Gasteiger partial charge in [-0.2, -0.15) is 0 Å².